The lowest BCUT2D eigenvalue weighted by molar-refractivity contribution is -0.123. The molecule has 3 heteroatoms. The van der Waals surface area contributed by atoms with Gasteiger partial charge in [0.05, 0.1) is 0 Å². The van der Waals surface area contributed by atoms with E-state index in [2.05, 4.69) is 10.6 Å². The van der Waals surface area contributed by atoms with Crippen LogP contribution in [0.4, 0.5) is 0 Å². The van der Waals surface area contributed by atoms with Crippen molar-refractivity contribution in [1.82, 2.24) is 10.6 Å². The van der Waals surface area contributed by atoms with Gasteiger partial charge in [-0.25, -0.2) is 0 Å². The highest BCUT2D eigenvalue weighted by Gasteiger charge is 2.58. The van der Waals surface area contributed by atoms with Gasteiger partial charge in [-0.05, 0) is 74.8 Å². The number of nitrogens with one attached hydrogen (secondary N) is 2. The van der Waals surface area contributed by atoms with Crippen LogP contribution in [0.5, 0.6) is 0 Å². The van der Waals surface area contributed by atoms with Crippen molar-refractivity contribution in [1.29, 1.82) is 0 Å². The highest BCUT2D eigenvalue weighted by Crippen LogP contribution is 2.61. The first-order valence-electron chi connectivity index (χ1n) is 7.73. The SMILES string of the molecule is O=C(NCC1(C2CC2)CC1)C1CC12CCNCC2. The zero-order valence-electron chi connectivity index (χ0n) is 11.1. The average Bonchev–Trinajstić information content (AvgIpc) is 3.23. The van der Waals surface area contributed by atoms with E-state index in [0.29, 0.717) is 22.7 Å². The fraction of sp³-hybridized carbons (Fsp3) is 0.933. The van der Waals surface area contributed by atoms with Crippen molar-refractivity contribution in [3.63, 3.8) is 0 Å². The maximum atomic E-state index is 12.3. The Morgan fingerprint density at radius 2 is 1.89 bits per heavy atom. The Kier molecular flexibility index (Phi) is 2.33. The number of piperidine rings is 1. The molecule has 1 amide bonds. The van der Waals surface area contributed by atoms with Crippen molar-refractivity contribution in [3.8, 4) is 0 Å². The summed E-state index contributed by atoms with van der Waals surface area (Å²) < 4.78 is 0. The van der Waals surface area contributed by atoms with Crippen LogP contribution in [0.15, 0.2) is 0 Å². The van der Waals surface area contributed by atoms with Crippen LogP contribution in [0.2, 0.25) is 0 Å². The predicted molar refractivity (Wildman–Crippen MR) is 70.0 cm³/mol. The standard InChI is InChI=1S/C15H24N2O/c18-13(12-9-14(12)5-7-16-8-6-14)17-10-15(3-4-15)11-1-2-11/h11-12,16H,1-10H2,(H,17,18). The van der Waals surface area contributed by atoms with Crippen LogP contribution in [0.25, 0.3) is 0 Å². The van der Waals surface area contributed by atoms with Crippen molar-refractivity contribution in [2.24, 2.45) is 22.7 Å². The van der Waals surface area contributed by atoms with Crippen molar-refractivity contribution >= 4 is 5.91 Å². The minimum Gasteiger partial charge on any atom is -0.355 e. The maximum absolute atomic E-state index is 12.3. The Bertz CT molecular complexity index is 365. The van der Waals surface area contributed by atoms with Crippen molar-refractivity contribution in [2.75, 3.05) is 19.6 Å². The molecular formula is C15H24N2O. The molecular weight excluding hydrogens is 224 g/mol. The molecule has 1 atom stereocenters. The Hall–Kier alpha value is -0.570. The molecule has 1 saturated heterocycles. The van der Waals surface area contributed by atoms with Crippen LogP contribution in [0, 0.1) is 22.7 Å². The van der Waals surface area contributed by atoms with Crippen molar-refractivity contribution < 1.29 is 4.79 Å². The molecule has 4 rings (SSSR count). The largest absolute Gasteiger partial charge is 0.355 e. The van der Waals surface area contributed by atoms with E-state index in [9.17, 15) is 4.79 Å². The Morgan fingerprint density at radius 1 is 1.17 bits per heavy atom. The predicted octanol–water partition coefficient (Wildman–Crippen LogP) is 1.68. The van der Waals surface area contributed by atoms with E-state index in [1.807, 2.05) is 0 Å². The van der Waals surface area contributed by atoms with Gasteiger partial charge in [0.2, 0.25) is 5.91 Å². The topological polar surface area (TPSA) is 41.1 Å². The van der Waals surface area contributed by atoms with Crippen LogP contribution in [-0.2, 0) is 4.79 Å². The summed E-state index contributed by atoms with van der Waals surface area (Å²) in [6.45, 7) is 3.19. The van der Waals surface area contributed by atoms with Crippen molar-refractivity contribution in [3.05, 3.63) is 0 Å². The first-order chi connectivity index (χ1) is 8.74. The van der Waals surface area contributed by atoms with Crippen LogP contribution in [-0.4, -0.2) is 25.5 Å². The summed E-state index contributed by atoms with van der Waals surface area (Å²) in [6, 6.07) is 0. The lowest BCUT2D eigenvalue weighted by Gasteiger charge is -2.23. The van der Waals surface area contributed by atoms with Crippen LogP contribution < -0.4 is 10.6 Å². The van der Waals surface area contributed by atoms with Crippen LogP contribution >= 0.6 is 0 Å². The molecule has 100 valence electrons. The molecule has 0 aromatic rings. The van der Waals surface area contributed by atoms with E-state index >= 15 is 0 Å². The minimum absolute atomic E-state index is 0.342. The molecule has 3 nitrogen and oxygen atoms in total. The van der Waals surface area contributed by atoms with E-state index in [-0.39, 0.29) is 0 Å². The zero-order valence-corrected chi connectivity index (χ0v) is 11.1. The van der Waals surface area contributed by atoms with Gasteiger partial charge in [-0.15, -0.1) is 0 Å². The third-order valence-corrected chi connectivity index (χ3v) is 6.06. The summed E-state index contributed by atoms with van der Waals surface area (Å²) in [6.07, 6.45) is 9.10. The number of carbonyl (C=O) groups is 1. The lowest BCUT2D eigenvalue weighted by atomic mass is 9.91. The van der Waals surface area contributed by atoms with Gasteiger partial charge in [-0.2, -0.15) is 0 Å². The molecule has 0 aromatic carbocycles. The molecule has 4 fully saturated rings. The highest BCUT2D eigenvalue weighted by molar-refractivity contribution is 5.82. The third kappa shape index (κ3) is 1.78. The minimum atomic E-state index is 0.342. The molecule has 0 radical (unpaired) electrons. The zero-order chi connectivity index (χ0) is 12.2. The van der Waals surface area contributed by atoms with Gasteiger partial charge in [0, 0.05) is 12.5 Å². The number of hydrogen-bond donors (Lipinski definition) is 2. The number of rotatable bonds is 4. The fourth-order valence-electron chi connectivity index (χ4n) is 4.17. The summed E-state index contributed by atoms with van der Waals surface area (Å²) in [7, 11) is 0. The van der Waals surface area contributed by atoms with E-state index in [0.717, 1.165) is 32.0 Å². The van der Waals surface area contributed by atoms with Gasteiger partial charge in [0.25, 0.3) is 0 Å². The van der Waals surface area contributed by atoms with Crippen LogP contribution in [0.1, 0.15) is 44.9 Å². The van der Waals surface area contributed by atoms with Gasteiger partial charge >= 0.3 is 0 Å². The van der Waals surface area contributed by atoms with E-state index in [4.69, 9.17) is 0 Å². The Morgan fingerprint density at radius 3 is 2.50 bits per heavy atom. The molecule has 3 aliphatic carbocycles. The Labute approximate surface area is 109 Å². The second-order valence-electron chi connectivity index (χ2n) is 7.22. The van der Waals surface area contributed by atoms with E-state index in [1.165, 1.54) is 38.5 Å². The summed E-state index contributed by atoms with van der Waals surface area (Å²) in [5.41, 5.74) is 0.942. The number of carbonyl (C=O) groups excluding carboxylic acids is 1. The lowest BCUT2D eigenvalue weighted by Crippen LogP contribution is -2.36. The molecule has 1 spiro atoms. The van der Waals surface area contributed by atoms with Gasteiger partial charge in [0.15, 0.2) is 0 Å². The first kappa shape index (κ1) is 11.3. The first-order valence-corrected chi connectivity index (χ1v) is 7.73. The molecule has 18 heavy (non-hydrogen) atoms. The average molecular weight is 248 g/mol. The summed E-state index contributed by atoms with van der Waals surface area (Å²) in [5, 5.41) is 6.68. The van der Waals surface area contributed by atoms with E-state index in [1.54, 1.807) is 0 Å². The van der Waals surface area contributed by atoms with Gasteiger partial charge in [-0.3, -0.25) is 4.79 Å². The normalized spacial score (nSPS) is 35.2. The second kappa shape index (κ2) is 3.72. The molecule has 3 saturated carbocycles. The third-order valence-electron chi connectivity index (χ3n) is 6.06. The van der Waals surface area contributed by atoms with Crippen molar-refractivity contribution in [2.45, 2.75) is 44.9 Å². The molecule has 2 N–H and O–H groups in total. The maximum Gasteiger partial charge on any atom is 0.223 e. The number of hydrogen-bond acceptors (Lipinski definition) is 2. The summed E-state index contributed by atoms with van der Waals surface area (Å²) in [5.74, 6) is 1.66. The second-order valence-corrected chi connectivity index (χ2v) is 7.22. The van der Waals surface area contributed by atoms with Gasteiger partial charge in [-0.1, -0.05) is 0 Å². The molecule has 0 aromatic heterocycles. The Balaban J connectivity index is 1.29. The van der Waals surface area contributed by atoms with Gasteiger partial charge in [0.1, 0.15) is 0 Å². The van der Waals surface area contributed by atoms with Gasteiger partial charge < -0.3 is 10.6 Å². The molecule has 0 bridgehead atoms. The highest BCUT2D eigenvalue weighted by atomic mass is 16.2. The molecule has 1 aliphatic heterocycles. The summed E-state index contributed by atoms with van der Waals surface area (Å²) >= 11 is 0. The molecule has 1 heterocycles. The van der Waals surface area contributed by atoms with Crippen LogP contribution in [0.3, 0.4) is 0 Å². The smallest absolute Gasteiger partial charge is 0.223 e. The summed E-state index contributed by atoms with van der Waals surface area (Å²) in [4.78, 5) is 12.3. The van der Waals surface area contributed by atoms with E-state index < -0.39 is 0 Å². The monoisotopic (exact) mass is 248 g/mol. The molecule has 4 aliphatic rings. The quantitative estimate of drug-likeness (QED) is 0.795. The number of amides is 1. The molecule has 1 unspecified atom stereocenters. The fourth-order valence-corrected chi connectivity index (χ4v) is 4.17.